The third-order valence-electron chi connectivity index (χ3n) is 4.33. The average molecular weight is 482 g/mol. The fourth-order valence-corrected chi connectivity index (χ4v) is 4.22. The van der Waals surface area contributed by atoms with Crippen LogP contribution in [-0.4, -0.2) is 21.3 Å². The molecule has 0 aliphatic heterocycles. The van der Waals surface area contributed by atoms with Gasteiger partial charge in [0.25, 0.3) is 11.8 Å². The van der Waals surface area contributed by atoms with Crippen LogP contribution in [-0.2, 0) is 11.3 Å². The van der Waals surface area contributed by atoms with Crippen LogP contribution in [0.25, 0.3) is 33.0 Å². The number of thiophene rings is 1. The molecule has 30 heavy (non-hydrogen) atoms. The number of fused-ring (bicyclic) bond motifs is 1. The molecule has 5 rings (SSSR count). The molecule has 0 saturated carbocycles. The van der Waals surface area contributed by atoms with E-state index in [0.717, 1.165) is 19.6 Å². The van der Waals surface area contributed by atoms with Gasteiger partial charge in [-0.2, -0.15) is 0 Å². The van der Waals surface area contributed by atoms with Crippen LogP contribution >= 0.6 is 27.3 Å². The molecule has 3 heterocycles. The maximum absolute atomic E-state index is 12.5. The molecular formula is C21H12BrN3O4S. The van der Waals surface area contributed by atoms with Crippen molar-refractivity contribution in [2.75, 3.05) is 0 Å². The Balaban J connectivity index is 1.33. The average Bonchev–Trinajstić information content (AvgIpc) is 3.51. The lowest BCUT2D eigenvalue weighted by molar-refractivity contribution is 0.0439. The minimum Gasteiger partial charge on any atom is -0.452 e. The summed E-state index contributed by atoms with van der Waals surface area (Å²) in [4.78, 5) is 13.4. The fraction of sp³-hybridized carbons (Fsp3) is 0.0476. The molecule has 9 heteroatoms. The molecule has 0 aliphatic carbocycles. The monoisotopic (exact) mass is 481 g/mol. The van der Waals surface area contributed by atoms with E-state index in [1.165, 1.54) is 11.3 Å². The number of aromatic nitrogens is 3. The number of hydrogen-bond donors (Lipinski definition) is 0. The standard InChI is InChI=1S/C21H12BrN3O4S/c22-17-9-8-16(30-17)20-24-23-18(28-20)11-27-21(26)13-6-7-15-14(10-13)19(29-25-15)12-4-2-1-3-5-12/h1-10H,11H2. The number of rotatable bonds is 5. The Hall–Kier alpha value is -3.30. The molecule has 0 unspecified atom stereocenters. The Morgan fingerprint density at radius 1 is 1.07 bits per heavy atom. The second-order valence-corrected chi connectivity index (χ2v) is 8.75. The molecule has 0 fully saturated rings. The second kappa shape index (κ2) is 7.85. The van der Waals surface area contributed by atoms with Gasteiger partial charge in [-0.25, -0.2) is 4.79 Å². The third kappa shape index (κ3) is 3.64. The lowest BCUT2D eigenvalue weighted by Crippen LogP contribution is -2.05. The predicted octanol–water partition coefficient (Wildman–Crippen LogP) is 5.73. The van der Waals surface area contributed by atoms with Crippen LogP contribution in [0, 0.1) is 0 Å². The zero-order valence-electron chi connectivity index (χ0n) is 15.2. The molecule has 0 radical (unpaired) electrons. The van der Waals surface area contributed by atoms with Crippen molar-refractivity contribution in [2.45, 2.75) is 6.61 Å². The molecule has 0 N–H and O–H groups in total. The molecule has 0 bridgehead atoms. The van der Waals surface area contributed by atoms with Gasteiger partial charge in [0.15, 0.2) is 12.4 Å². The van der Waals surface area contributed by atoms with Crippen molar-refractivity contribution in [1.29, 1.82) is 0 Å². The van der Waals surface area contributed by atoms with E-state index >= 15 is 0 Å². The number of halogens is 1. The minimum absolute atomic E-state index is 0.119. The lowest BCUT2D eigenvalue weighted by Gasteiger charge is -2.02. The van der Waals surface area contributed by atoms with Gasteiger partial charge in [-0.3, -0.25) is 0 Å². The molecule has 0 spiro atoms. The molecular weight excluding hydrogens is 470 g/mol. The molecule has 0 atom stereocenters. The highest BCUT2D eigenvalue weighted by atomic mass is 79.9. The Bertz CT molecular complexity index is 1340. The highest BCUT2D eigenvalue weighted by Crippen LogP contribution is 2.31. The van der Waals surface area contributed by atoms with Crippen LogP contribution in [0.3, 0.4) is 0 Å². The summed E-state index contributed by atoms with van der Waals surface area (Å²) in [5, 5.41) is 12.7. The molecule has 0 saturated heterocycles. The van der Waals surface area contributed by atoms with E-state index in [1.807, 2.05) is 42.5 Å². The molecule has 148 valence electrons. The van der Waals surface area contributed by atoms with Crippen molar-refractivity contribution in [1.82, 2.24) is 15.4 Å². The van der Waals surface area contributed by atoms with Gasteiger partial charge in [0.05, 0.1) is 19.6 Å². The van der Waals surface area contributed by atoms with Gasteiger partial charge in [0.2, 0.25) is 0 Å². The van der Waals surface area contributed by atoms with Crippen LogP contribution in [0.1, 0.15) is 16.2 Å². The molecule has 5 aromatic rings. The summed E-state index contributed by atoms with van der Waals surface area (Å²) < 4.78 is 17.4. The Labute approximate surface area is 182 Å². The quantitative estimate of drug-likeness (QED) is 0.296. The smallest absolute Gasteiger partial charge is 0.338 e. The van der Waals surface area contributed by atoms with E-state index in [9.17, 15) is 4.79 Å². The number of benzene rings is 2. The van der Waals surface area contributed by atoms with Crippen LogP contribution in [0.2, 0.25) is 0 Å². The van der Waals surface area contributed by atoms with E-state index in [2.05, 4.69) is 31.3 Å². The fourth-order valence-electron chi connectivity index (χ4n) is 2.92. The van der Waals surface area contributed by atoms with E-state index in [1.54, 1.807) is 18.2 Å². The van der Waals surface area contributed by atoms with E-state index in [-0.39, 0.29) is 12.5 Å². The summed E-state index contributed by atoms with van der Waals surface area (Å²) >= 11 is 4.87. The highest BCUT2D eigenvalue weighted by Gasteiger charge is 2.16. The Morgan fingerprint density at radius 2 is 1.93 bits per heavy atom. The normalized spacial score (nSPS) is 11.1. The van der Waals surface area contributed by atoms with E-state index in [0.29, 0.717) is 22.7 Å². The minimum atomic E-state index is -0.504. The molecule has 0 amide bonds. The van der Waals surface area contributed by atoms with Crippen molar-refractivity contribution < 1.29 is 18.5 Å². The summed E-state index contributed by atoms with van der Waals surface area (Å²) in [6, 6.07) is 18.4. The topological polar surface area (TPSA) is 91.2 Å². The summed E-state index contributed by atoms with van der Waals surface area (Å²) in [5.74, 6) is 0.702. The van der Waals surface area contributed by atoms with Crippen molar-refractivity contribution in [3.05, 3.63) is 75.9 Å². The van der Waals surface area contributed by atoms with Crippen LogP contribution in [0.15, 0.2) is 73.4 Å². The molecule has 0 aliphatic rings. The maximum atomic E-state index is 12.5. The number of hydrogen-bond acceptors (Lipinski definition) is 8. The first kappa shape index (κ1) is 18.7. The van der Waals surface area contributed by atoms with Crippen molar-refractivity contribution in [3.8, 4) is 22.1 Å². The van der Waals surface area contributed by atoms with Gasteiger partial charge < -0.3 is 13.7 Å². The SMILES string of the molecule is O=C(OCc1nnc(-c2ccc(Br)s2)o1)c1ccc2noc(-c3ccccc3)c2c1. The van der Waals surface area contributed by atoms with Crippen molar-refractivity contribution in [2.24, 2.45) is 0 Å². The number of carbonyl (C=O) groups is 1. The first-order valence-electron chi connectivity index (χ1n) is 8.87. The van der Waals surface area contributed by atoms with Gasteiger partial charge in [0, 0.05) is 5.56 Å². The van der Waals surface area contributed by atoms with E-state index in [4.69, 9.17) is 13.7 Å². The Morgan fingerprint density at radius 3 is 2.73 bits per heavy atom. The highest BCUT2D eigenvalue weighted by molar-refractivity contribution is 9.11. The van der Waals surface area contributed by atoms with Crippen LogP contribution in [0.5, 0.6) is 0 Å². The first-order chi connectivity index (χ1) is 14.7. The molecule has 2 aromatic carbocycles. The number of carbonyl (C=O) groups excluding carboxylic acids is 1. The summed E-state index contributed by atoms with van der Waals surface area (Å²) in [5.41, 5.74) is 1.92. The summed E-state index contributed by atoms with van der Waals surface area (Å²) in [7, 11) is 0. The van der Waals surface area contributed by atoms with Gasteiger partial charge in [-0.05, 0) is 46.3 Å². The van der Waals surface area contributed by atoms with Crippen molar-refractivity contribution >= 4 is 44.1 Å². The number of esters is 1. The van der Waals surface area contributed by atoms with Gasteiger partial charge in [-0.1, -0.05) is 35.5 Å². The van der Waals surface area contributed by atoms with Crippen molar-refractivity contribution in [3.63, 3.8) is 0 Å². The maximum Gasteiger partial charge on any atom is 0.338 e. The van der Waals surface area contributed by atoms with Gasteiger partial charge >= 0.3 is 5.97 Å². The summed E-state index contributed by atoms with van der Waals surface area (Å²) in [6.07, 6.45) is 0. The molecule has 3 aromatic heterocycles. The largest absolute Gasteiger partial charge is 0.452 e. The first-order valence-corrected chi connectivity index (χ1v) is 10.5. The van der Waals surface area contributed by atoms with Gasteiger partial charge in [0.1, 0.15) is 5.52 Å². The van der Waals surface area contributed by atoms with E-state index < -0.39 is 5.97 Å². The molecule has 7 nitrogen and oxygen atoms in total. The lowest BCUT2D eigenvalue weighted by atomic mass is 10.1. The predicted molar refractivity (Wildman–Crippen MR) is 114 cm³/mol. The Kier molecular flexibility index (Phi) is 4.89. The zero-order chi connectivity index (χ0) is 20.5. The summed E-state index contributed by atoms with van der Waals surface area (Å²) in [6.45, 7) is -0.119. The van der Waals surface area contributed by atoms with Gasteiger partial charge in [-0.15, -0.1) is 21.5 Å². The number of nitrogens with zero attached hydrogens (tertiary/aromatic N) is 3. The third-order valence-corrected chi connectivity index (χ3v) is 5.94. The second-order valence-electron chi connectivity index (χ2n) is 6.29. The zero-order valence-corrected chi connectivity index (χ0v) is 17.6. The number of ether oxygens (including phenoxy) is 1. The van der Waals surface area contributed by atoms with Crippen LogP contribution in [0.4, 0.5) is 0 Å². The van der Waals surface area contributed by atoms with Crippen LogP contribution < -0.4 is 0 Å².